The van der Waals surface area contributed by atoms with E-state index in [1.54, 1.807) is 0 Å². The number of amides is 2. The molecule has 0 saturated carbocycles. The van der Waals surface area contributed by atoms with Gasteiger partial charge in [-0.15, -0.1) is 0 Å². The molecule has 0 radical (unpaired) electrons. The molecule has 1 saturated heterocycles. The van der Waals surface area contributed by atoms with Gasteiger partial charge in [0.25, 0.3) is 5.91 Å². The maximum absolute atomic E-state index is 12.9. The Labute approximate surface area is 164 Å². The van der Waals surface area contributed by atoms with Crippen molar-refractivity contribution in [3.63, 3.8) is 0 Å². The molecule has 1 fully saturated rings. The molecule has 0 aromatic heterocycles. The highest BCUT2D eigenvalue weighted by Crippen LogP contribution is 2.26. The van der Waals surface area contributed by atoms with Gasteiger partial charge in [-0.05, 0) is 44.2 Å². The van der Waals surface area contributed by atoms with Crippen molar-refractivity contribution in [1.82, 2.24) is 10.2 Å². The minimum absolute atomic E-state index is 0.00845. The largest absolute Gasteiger partial charge is 0.371 e. The number of benzene rings is 1. The Morgan fingerprint density at radius 1 is 1.11 bits per heavy atom. The van der Waals surface area contributed by atoms with E-state index < -0.39 is 0 Å². The lowest BCUT2D eigenvalue weighted by molar-refractivity contribution is -0.123. The normalized spacial score (nSPS) is 15.5. The summed E-state index contributed by atoms with van der Waals surface area (Å²) in [6.45, 7) is 13.4. The third kappa shape index (κ3) is 5.98. The molecule has 2 amide bonds. The second kappa shape index (κ2) is 9.25. The van der Waals surface area contributed by atoms with Crippen LogP contribution in [0.15, 0.2) is 24.3 Å². The van der Waals surface area contributed by atoms with Gasteiger partial charge in [-0.3, -0.25) is 9.59 Å². The zero-order chi connectivity index (χ0) is 20.0. The monoisotopic (exact) mass is 373 g/mol. The zero-order valence-electron chi connectivity index (χ0n) is 17.5. The third-order valence-corrected chi connectivity index (χ3v) is 5.08. The van der Waals surface area contributed by atoms with E-state index in [2.05, 4.69) is 31.0 Å². The number of para-hydroxylation sites is 1. The van der Waals surface area contributed by atoms with Crippen LogP contribution in [0.25, 0.3) is 0 Å². The summed E-state index contributed by atoms with van der Waals surface area (Å²) in [5.41, 5.74) is 1.79. The van der Waals surface area contributed by atoms with Crippen LogP contribution in [-0.4, -0.2) is 48.9 Å². The lowest BCUT2D eigenvalue weighted by Crippen LogP contribution is -2.45. The number of hydrogen-bond donors (Lipinski definition) is 1. The number of piperidine rings is 1. The van der Waals surface area contributed by atoms with Gasteiger partial charge in [-0.1, -0.05) is 32.9 Å². The third-order valence-electron chi connectivity index (χ3n) is 5.08. The minimum Gasteiger partial charge on any atom is -0.371 e. The summed E-state index contributed by atoms with van der Waals surface area (Å²) >= 11 is 0. The molecular formula is C22H35N3O2. The molecule has 1 heterocycles. The predicted octanol–water partition coefficient (Wildman–Crippen LogP) is 3.69. The average molecular weight is 374 g/mol. The molecule has 0 spiro atoms. The average Bonchev–Trinajstić information content (AvgIpc) is 2.61. The second-order valence-electron chi connectivity index (χ2n) is 8.56. The molecule has 1 aromatic rings. The lowest BCUT2D eigenvalue weighted by atomic mass is 9.91. The van der Waals surface area contributed by atoms with Crippen LogP contribution in [0.4, 0.5) is 5.69 Å². The van der Waals surface area contributed by atoms with Crippen LogP contribution >= 0.6 is 0 Å². The van der Waals surface area contributed by atoms with Crippen LogP contribution in [0.1, 0.15) is 64.2 Å². The number of nitrogens with zero attached hydrogens (tertiary/aromatic N) is 2. The Morgan fingerprint density at radius 2 is 1.70 bits per heavy atom. The van der Waals surface area contributed by atoms with Crippen molar-refractivity contribution in [2.75, 3.05) is 31.1 Å². The summed E-state index contributed by atoms with van der Waals surface area (Å²) in [6.07, 6.45) is 2.36. The van der Waals surface area contributed by atoms with Crippen molar-refractivity contribution in [3.05, 3.63) is 29.8 Å². The number of carbonyl (C=O) groups is 2. The summed E-state index contributed by atoms with van der Waals surface area (Å²) in [7, 11) is 0. The van der Waals surface area contributed by atoms with Gasteiger partial charge in [0, 0.05) is 44.3 Å². The van der Waals surface area contributed by atoms with Gasteiger partial charge in [0.05, 0.1) is 5.56 Å². The van der Waals surface area contributed by atoms with Crippen molar-refractivity contribution in [2.45, 2.75) is 59.9 Å². The van der Waals surface area contributed by atoms with Gasteiger partial charge in [0.2, 0.25) is 5.91 Å². The second-order valence-corrected chi connectivity index (χ2v) is 8.56. The van der Waals surface area contributed by atoms with Crippen LogP contribution in [-0.2, 0) is 4.79 Å². The maximum atomic E-state index is 12.9. The summed E-state index contributed by atoms with van der Waals surface area (Å²) in [5.74, 6) is 0.231. The first-order valence-electron chi connectivity index (χ1n) is 10.2. The summed E-state index contributed by atoms with van der Waals surface area (Å²) in [5, 5.41) is 3.18. The summed E-state index contributed by atoms with van der Waals surface area (Å²) in [4.78, 5) is 29.2. The van der Waals surface area contributed by atoms with Crippen LogP contribution in [0.3, 0.4) is 0 Å². The van der Waals surface area contributed by atoms with Crippen molar-refractivity contribution in [3.8, 4) is 0 Å². The molecule has 0 bridgehead atoms. The Balaban J connectivity index is 2.00. The van der Waals surface area contributed by atoms with Gasteiger partial charge in [-0.2, -0.15) is 0 Å². The number of nitrogens with one attached hydrogen (secondary N) is 1. The van der Waals surface area contributed by atoms with Crippen LogP contribution in [0.5, 0.6) is 0 Å². The summed E-state index contributed by atoms with van der Waals surface area (Å²) in [6, 6.07) is 8.11. The first-order chi connectivity index (χ1) is 12.7. The van der Waals surface area contributed by atoms with Gasteiger partial charge < -0.3 is 15.1 Å². The van der Waals surface area contributed by atoms with E-state index >= 15 is 0 Å². The Kier molecular flexibility index (Phi) is 7.28. The highest BCUT2D eigenvalue weighted by molar-refractivity contribution is 5.99. The Morgan fingerprint density at radius 3 is 2.26 bits per heavy atom. The molecule has 2 rings (SSSR count). The molecule has 1 N–H and O–H groups in total. The molecule has 27 heavy (non-hydrogen) atoms. The number of carbonyl (C=O) groups excluding carboxylic acids is 2. The van der Waals surface area contributed by atoms with E-state index in [1.165, 1.54) is 0 Å². The topological polar surface area (TPSA) is 52.7 Å². The van der Waals surface area contributed by atoms with Crippen molar-refractivity contribution in [1.29, 1.82) is 0 Å². The smallest absolute Gasteiger partial charge is 0.255 e. The van der Waals surface area contributed by atoms with Crippen molar-refractivity contribution in [2.24, 2.45) is 5.41 Å². The first kappa shape index (κ1) is 21.3. The van der Waals surface area contributed by atoms with E-state index in [0.717, 1.165) is 37.2 Å². The molecule has 0 unspecified atom stereocenters. The van der Waals surface area contributed by atoms with Gasteiger partial charge in [0.15, 0.2) is 0 Å². The molecule has 1 aliphatic rings. The van der Waals surface area contributed by atoms with E-state index in [9.17, 15) is 9.59 Å². The van der Waals surface area contributed by atoms with E-state index in [4.69, 9.17) is 0 Å². The number of hydrogen-bond acceptors (Lipinski definition) is 3. The molecule has 5 heteroatoms. The molecule has 150 valence electrons. The fraction of sp³-hybridized carbons (Fsp3) is 0.636. The standard InChI is InChI=1S/C22H35N3O2/c1-6-24(7-2)21(27)18-10-8-9-11-19(18)25-14-12-17(13-15-25)23-20(26)16-22(3,4)5/h8-11,17H,6-7,12-16H2,1-5H3,(H,23,26). The van der Waals surface area contributed by atoms with E-state index in [1.807, 2.05) is 43.0 Å². The van der Waals surface area contributed by atoms with E-state index in [-0.39, 0.29) is 23.3 Å². The highest BCUT2D eigenvalue weighted by Gasteiger charge is 2.26. The van der Waals surface area contributed by atoms with Crippen LogP contribution in [0, 0.1) is 5.41 Å². The van der Waals surface area contributed by atoms with Crippen molar-refractivity contribution >= 4 is 17.5 Å². The fourth-order valence-electron chi connectivity index (χ4n) is 3.64. The number of rotatable bonds is 6. The predicted molar refractivity (Wildman–Crippen MR) is 111 cm³/mol. The van der Waals surface area contributed by atoms with Crippen LogP contribution in [0.2, 0.25) is 0 Å². The van der Waals surface area contributed by atoms with E-state index in [0.29, 0.717) is 19.5 Å². The molecular weight excluding hydrogens is 338 g/mol. The molecule has 1 aromatic carbocycles. The first-order valence-corrected chi connectivity index (χ1v) is 10.2. The summed E-state index contributed by atoms with van der Waals surface area (Å²) < 4.78 is 0. The zero-order valence-corrected chi connectivity index (χ0v) is 17.5. The van der Waals surface area contributed by atoms with Gasteiger partial charge in [-0.25, -0.2) is 0 Å². The van der Waals surface area contributed by atoms with Crippen molar-refractivity contribution < 1.29 is 9.59 Å². The fourth-order valence-corrected chi connectivity index (χ4v) is 3.64. The lowest BCUT2D eigenvalue weighted by Gasteiger charge is -2.35. The minimum atomic E-state index is 0.00845. The van der Waals surface area contributed by atoms with Gasteiger partial charge >= 0.3 is 0 Å². The van der Waals surface area contributed by atoms with Crippen LogP contribution < -0.4 is 10.2 Å². The SMILES string of the molecule is CCN(CC)C(=O)c1ccccc1N1CCC(NC(=O)CC(C)(C)C)CC1. The molecule has 1 aliphatic heterocycles. The quantitative estimate of drug-likeness (QED) is 0.827. The maximum Gasteiger partial charge on any atom is 0.255 e. The van der Waals surface area contributed by atoms with Gasteiger partial charge in [0.1, 0.15) is 0 Å². The Hall–Kier alpha value is -2.04. The number of anilines is 1. The molecule has 0 aliphatic carbocycles. The highest BCUT2D eigenvalue weighted by atomic mass is 16.2. The Bertz CT molecular complexity index is 639. The molecule has 5 nitrogen and oxygen atoms in total. The molecule has 0 atom stereocenters.